The zero-order valence-electron chi connectivity index (χ0n) is 15.9. The molecule has 3 aromatic rings. The third kappa shape index (κ3) is 3.80. The van der Waals surface area contributed by atoms with E-state index in [0.717, 1.165) is 29.5 Å². The number of carbonyl (C=O) groups is 1. The summed E-state index contributed by atoms with van der Waals surface area (Å²) in [6, 6.07) is 15.0. The van der Waals surface area contributed by atoms with Gasteiger partial charge in [0.1, 0.15) is 5.82 Å². The number of rotatable bonds is 6. The standard InChI is InChI=1S/C21H25N3O3/c1-4-5-13-23(20(25)26)19-17-12-11-15(21(2,3)27)14-18(17)22-24(19)16-9-7-6-8-10-16/h6-12,14,27H,4-5,13H2,1-3H3,(H,25,26). The van der Waals surface area contributed by atoms with Gasteiger partial charge in [-0.05, 0) is 50.1 Å². The summed E-state index contributed by atoms with van der Waals surface area (Å²) in [4.78, 5) is 13.4. The van der Waals surface area contributed by atoms with Gasteiger partial charge in [0.15, 0.2) is 0 Å². The maximum absolute atomic E-state index is 12.0. The average molecular weight is 367 g/mol. The Kier molecular flexibility index (Phi) is 5.19. The van der Waals surface area contributed by atoms with Crippen molar-refractivity contribution >= 4 is 22.8 Å². The van der Waals surface area contributed by atoms with Crippen molar-refractivity contribution < 1.29 is 15.0 Å². The van der Waals surface area contributed by atoms with Gasteiger partial charge in [0.25, 0.3) is 0 Å². The smallest absolute Gasteiger partial charge is 0.413 e. The SMILES string of the molecule is CCCCN(C(=O)O)c1c2ccc(C(C)(C)O)cc2nn1-c1ccccc1. The fraction of sp³-hybridized carbons (Fsp3) is 0.333. The van der Waals surface area contributed by atoms with Crippen LogP contribution in [0.2, 0.25) is 0 Å². The first kappa shape index (κ1) is 18.9. The number of aliphatic hydroxyl groups is 1. The number of hydrogen-bond donors (Lipinski definition) is 2. The van der Waals surface area contributed by atoms with Crippen LogP contribution in [-0.4, -0.2) is 32.6 Å². The van der Waals surface area contributed by atoms with Gasteiger partial charge in [-0.15, -0.1) is 0 Å². The Bertz CT molecular complexity index is 942. The number of nitrogens with zero attached hydrogens (tertiary/aromatic N) is 3. The second-order valence-electron chi connectivity index (χ2n) is 7.15. The number of aromatic nitrogens is 2. The molecule has 0 unspecified atom stereocenters. The molecule has 0 aliphatic heterocycles. The molecule has 6 nitrogen and oxygen atoms in total. The minimum atomic E-state index is -1.01. The van der Waals surface area contributed by atoms with E-state index in [2.05, 4.69) is 5.10 Å². The van der Waals surface area contributed by atoms with E-state index in [1.54, 1.807) is 18.5 Å². The van der Waals surface area contributed by atoms with Crippen LogP contribution in [0.5, 0.6) is 0 Å². The normalized spacial score (nSPS) is 11.7. The van der Waals surface area contributed by atoms with Crippen LogP contribution in [0.4, 0.5) is 10.6 Å². The van der Waals surface area contributed by atoms with Crippen LogP contribution in [0.1, 0.15) is 39.2 Å². The second-order valence-corrected chi connectivity index (χ2v) is 7.15. The Morgan fingerprint density at radius 1 is 1.19 bits per heavy atom. The van der Waals surface area contributed by atoms with Crippen LogP contribution >= 0.6 is 0 Å². The minimum Gasteiger partial charge on any atom is -0.465 e. The van der Waals surface area contributed by atoms with Crippen molar-refractivity contribution in [2.45, 2.75) is 39.2 Å². The van der Waals surface area contributed by atoms with Crippen molar-refractivity contribution in [1.82, 2.24) is 9.78 Å². The first-order chi connectivity index (χ1) is 12.8. The van der Waals surface area contributed by atoms with E-state index >= 15 is 0 Å². The van der Waals surface area contributed by atoms with E-state index in [-0.39, 0.29) is 0 Å². The third-order valence-corrected chi connectivity index (χ3v) is 4.58. The van der Waals surface area contributed by atoms with Crippen molar-refractivity contribution in [2.24, 2.45) is 0 Å². The van der Waals surface area contributed by atoms with E-state index in [1.165, 1.54) is 4.90 Å². The summed E-state index contributed by atoms with van der Waals surface area (Å²) in [7, 11) is 0. The molecule has 1 amide bonds. The number of anilines is 1. The summed E-state index contributed by atoms with van der Waals surface area (Å²) in [5.41, 5.74) is 1.17. The number of para-hydroxylation sites is 1. The van der Waals surface area contributed by atoms with Gasteiger partial charge in [0.2, 0.25) is 0 Å². The molecule has 27 heavy (non-hydrogen) atoms. The Hall–Kier alpha value is -2.86. The Morgan fingerprint density at radius 3 is 2.48 bits per heavy atom. The van der Waals surface area contributed by atoms with Crippen molar-refractivity contribution in [3.8, 4) is 5.69 Å². The van der Waals surface area contributed by atoms with Crippen molar-refractivity contribution in [1.29, 1.82) is 0 Å². The molecule has 0 spiro atoms. The quantitative estimate of drug-likeness (QED) is 0.670. The molecule has 0 aliphatic rings. The number of carboxylic acid groups (broad SMARTS) is 1. The largest absolute Gasteiger partial charge is 0.465 e. The lowest BCUT2D eigenvalue weighted by Crippen LogP contribution is -2.32. The molecule has 0 fully saturated rings. The van der Waals surface area contributed by atoms with E-state index in [1.807, 2.05) is 55.5 Å². The highest BCUT2D eigenvalue weighted by Crippen LogP contribution is 2.33. The Labute approximate surface area is 158 Å². The molecule has 0 saturated heterocycles. The number of benzene rings is 2. The highest BCUT2D eigenvalue weighted by atomic mass is 16.4. The fourth-order valence-corrected chi connectivity index (χ4v) is 3.07. The molecule has 0 bridgehead atoms. The van der Waals surface area contributed by atoms with Crippen LogP contribution in [-0.2, 0) is 5.60 Å². The molecule has 3 rings (SSSR count). The van der Waals surface area contributed by atoms with Crippen LogP contribution in [0.25, 0.3) is 16.6 Å². The molecule has 142 valence electrons. The van der Waals surface area contributed by atoms with E-state index in [4.69, 9.17) is 0 Å². The molecule has 2 N–H and O–H groups in total. The summed E-state index contributed by atoms with van der Waals surface area (Å²) in [5.74, 6) is 0.527. The summed E-state index contributed by atoms with van der Waals surface area (Å²) < 4.78 is 1.67. The number of unbranched alkanes of at least 4 members (excludes halogenated alkanes) is 1. The van der Waals surface area contributed by atoms with Crippen LogP contribution in [0.15, 0.2) is 48.5 Å². The molecular weight excluding hydrogens is 342 g/mol. The van der Waals surface area contributed by atoms with E-state index in [0.29, 0.717) is 17.9 Å². The Morgan fingerprint density at radius 2 is 1.89 bits per heavy atom. The van der Waals surface area contributed by atoms with Gasteiger partial charge in [-0.25, -0.2) is 9.48 Å². The van der Waals surface area contributed by atoms with Crippen molar-refractivity contribution in [3.05, 3.63) is 54.1 Å². The summed E-state index contributed by atoms with van der Waals surface area (Å²) >= 11 is 0. The summed E-state index contributed by atoms with van der Waals surface area (Å²) in [5, 5.41) is 25.6. The first-order valence-electron chi connectivity index (χ1n) is 9.14. The zero-order chi connectivity index (χ0) is 19.6. The molecule has 1 aromatic heterocycles. The van der Waals surface area contributed by atoms with E-state index < -0.39 is 11.7 Å². The Balaban J connectivity index is 2.25. The van der Waals surface area contributed by atoms with Crippen LogP contribution in [0, 0.1) is 0 Å². The van der Waals surface area contributed by atoms with Crippen LogP contribution < -0.4 is 4.90 Å². The van der Waals surface area contributed by atoms with E-state index in [9.17, 15) is 15.0 Å². The fourth-order valence-electron chi connectivity index (χ4n) is 3.07. The van der Waals surface area contributed by atoms with Gasteiger partial charge in [0.05, 0.1) is 16.8 Å². The van der Waals surface area contributed by atoms with Crippen LogP contribution in [0.3, 0.4) is 0 Å². The average Bonchev–Trinajstić information content (AvgIpc) is 3.00. The highest BCUT2D eigenvalue weighted by Gasteiger charge is 2.25. The maximum atomic E-state index is 12.0. The second kappa shape index (κ2) is 7.40. The van der Waals surface area contributed by atoms with Gasteiger partial charge < -0.3 is 10.2 Å². The topological polar surface area (TPSA) is 78.6 Å². The predicted molar refractivity (Wildman–Crippen MR) is 107 cm³/mol. The van der Waals surface area contributed by atoms with Gasteiger partial charge in [-0.1, -0.05) is 37.6 Å². The number of amides is 1. The summed E-state index contributed by atoms with van der Waals surface area (Å²) in [6.45, 7) is 5.86. The highest BCUT2D eigenvalue weighted by molar-refractivity contribution is 5.99. The molecular formula is C21H25N3O3. The molecule has 0 atom stereocenters. The van der Waals surface area contributed by atoms with Gasteiger partial charge >= 0.3 is 6.09 Å². The third-order valence-electron chi connectivity index (χ3n) is 4.58. The molecule has 1 heterocycles. The van der Waals surface area contributed by atoms with Gasteiger partial charge in [0, 0.05) is 11.9 Å². The van der Waals surface area contributed by atoms with Crippen molar-refractivity contribution in [3.63, 3.8) is 0 Å². The minimum absolute atomic E-state index is 0.396. The molecule has 0 radical (unpaired) electrons. The molecule has 0 saturated carbocycles. The van der Waals surface area contributed by atoms with Gasteiger partial charge in [-0.3, -0.25) is 4.90 Å². The number of hydrogen-bond acceptors (Lipinski definition) is 3. The molecule has 0 aliphatic carbocycles. The van der Waals surface area contributed by atoms with Gasteiger partial charge in [-0.2, -0.15) is 5.10 Å². The first-order valence-corrected chi connectivity index (χ1v) is 9.14. The lowest BCUT2D eigenvalue weighted by atomic mass is 9.97. The maximum Gasteiger partial charge on any atom is 0.413 e. The predicted octanol–water partition coefficient (Wildman–Crippen LogP) is 4.54. The molecule has 2 aromatic carbocycles. The molecule has 6 heteroatoms. The lowest BCUT2D eigenvalue weighted by Gasteiger charge is -2.21. The van der Waals surface area contributed by atoms with Crippen molar-refractivity contribution in [2.75, 3.05) is 11.4 Å². The monoisotopic (exact) mass is 367 g/mol. The zero-order valence-corrected chi connectivity index (χ0v) is 15.9. The number of fused-ring (bicyclic) bond motifs is 1. The lowest BCUT2D eigenvalue weighted by molar-refractivity contribution is 0.0787. The summed E-state index contributed by atoms with van der Waals surface area (Å²) in [6.07, 6.45) is 0.647.